The Balaban J connectivity index is 1.76. The lowest BCUT2D eigenvalue weighted by Gasteiger charge is -2.19. The normalized spacial score (nSPS) is 19.7. The van der Waals surface area contributed by atoms with Gasteiger partial charge < -0.3 is 4.90 Å². The van der Waals surface area contributed by atoms with E-state index in [0.717, 1.165) is 42.8 Å². The summed E-state index contributed by atoms with van der Waals surface area (Å²) in [5.74, 6) is 0.855. The number of hydrogen-bond acceptors (Lipinski definition) is 2. The summed E-state index contributed by atoms with van der Waals surface area (Å²) in [5, 5.41) is 8.12. The van der Waals surface area contributed by atoms with E-state index in [9.17, 15) is 4.79 Å². The van der Waals surface area contributed by atoms with Crippen LogP contribution in [0.5, 0.6) is 0 Å². The van der Waals surface area contributed by atoms with Gasteiger partial charge in [-0.25, -0.2) is 0 Å². The number of H-pyrrole nitrogens is 1. The predicted molar refractivity (Wildman–Crippen MR) is 84.2 cm³/mol. The lowest BCUT2D eigenvalue weighted by molar-refractivity contribution is 0.0756. The molecule has 1 aromatic carbocycles. The number of nitrogens with one attached hydrogen (secondary N) is 1. The predicted octanol–water partition coefficient (Wildman–Crippen LogP) is 3.61. The molecule has 1 aliphatic rings. The Kier molecular flexibility index (Phi) is 4.23. The van der Waals surface area contributed by atoms with E-state index in [0.29, 0.717) is 5.69 Å². The molecule has 2 aromatic rings. The van der Waals surface area contributed by atoms with E-state index in [-0.39, 0.29) is 5.91 Å². The van der Waals surface area contributed by atoms with Gasteiger partial charge in [0.1, 0.15) is 0 Å². The van der Waals surface area contributed by atoms with Gasteiger partial charge in [-0.3, -0.25) is 9.89 Å². The molecule has 4 heteroatoms. The molecule has 1 amide bonds. The number of aromatic amines is 1. The third kappa shape index (κ3) is 2.94. The zero-order valence-corrected chi connectivity index (χ0v) is 12.6. The molecule has 112 valence electrons. The maximum absolute atomic E-state index is 12.7. The van der Waals surface area contributed by atoms with Crippen LogP contribution in [0.1, 0.15) is 49.5 Å². The summed E-state index contributed by atoms with van der Waals surface area (Å²) in [6.45, 7) is 3.97. The van der Waals surface area contributed by atoms with E-state index in [2.05, 4.69) is 17.1 Å². The van der Waals surface area contributed by atoms with Gasteiger partial charge in [-0.1, -0.05) is 38.0 Å². The minimum Gasteiger partial charge on any atom is -0.337 e. The first-order valence-corrected chi connectivity index (χ1v) is 8.02. The molecule has 4 nitrogen and oxygen atoms in total. The van der Waals surface area contributed by atoms with Crippen LogP contribution in [0, 0.1) is 5.92 Å². The average Bonchev–Trinajstić information content (AvgIpc) is 2.80. The molecule has 1 aromatic heterocycles. The molecule has 0 aliphatic carbocycles. The van der Waals surface area contributed by atoms with E-state index in [1.54, 1.807) is 0 Å². The largest absolute Gasteiger partial charge is 0.337 e. The molecule has 0 spiro atoms. The second kappa shape index (κ2) is 6.29. The van der Waals surface area contributed by atoms with Gasteiger partial charge in [0, 0.05) is 18.5 Å². The van der Waals surface area contributed by atoms with E-state index < -0.39 is 0 Å². The van der Waals surface area contributed by atoms with Crippen LogP contribution in [0.25, 0.3) is 10.9 Å². The Morgan fingerprint density at radius 2 is 2.19 bits per heavy atom. The quantitative estimate of drug-likeness (QED) is 0.936. The molecule has 1 atom stereocenters. The van der Waals surface area contributed by atoms with Crippen molar-refractivity contribution in [2.45, 2.75) is 39.0 Å². The van der Waals surface area contributed by atoms with Gasteiger partial charge in [-0.15, -0.1) is 0 Å². The smallest absolute Gasteiger partial charge is 0.274 e. The van der Waals surface area contributed by atoms with E-state index in [4.69, 9.17) is 0 Å². The maximum atomic E-state index is 12.7. The van der Waals surface area contributed by atoms with E-state index in [1.165, 1.54) is 19.3 Å². The number of rotatable bonds is 3. The fourth-order valence-corrected chi connectivity index (χ4v) is 3.34. The number of carbonyl (C=O) groups excluding carboxylic acids is 1. The van der Waals surface area contributed by atoms with Crippen LogP contribution in [0.2, 0.25) is 0 Å². The van der Waals surface area contributed by atoms with E-state index in [1.807, 2.05) is 29.2 Å². The zero-order valence-electron chi connectivity index (χ0n) is 12.6. The SMILES string of the molecule is CCCC1CCCN(C(=O)c2n[nH]c3ccccc23)CC1. The molecule has 1 fully saturated rings. The molecule has 1 unspecified atom stereocenters. The molecule has 1 aliphatic heterocycles. The highest BCUT2D eigenvalue weighted by atomic mass is 16.2. The van der Waals surface area contributed by atoms with Gasteiger partial charge in [0.05, 0.1) is 5.52 Å². The molecule has 3 rings (SSSR count). The molecular formula is C17H23N3O. The van der Waals surface area contributed by atoms with Crippen molar-refractivity contribution in [3.8, 4) is 0 Å². The van der Waals surface area contributed by atoms with Gasteiger partial charge in [0.2, 0.25) is 0 Å². The molecular weight excluding hydrogens is 262 g/mol. The van der Waals surface area contributed by atoms with E-state index >= 15 is 0 Å². The maximum Gasteiger partial charge on any atom is 0.274 e. The third-order valence-electron chi connectivity index (χ3n) is 4.50. The summed E-state index contributed by atoms with van der Waals surface area (Å²) in [6, 6.07) is 7.83. The minimum absolute atomic E-state index is 0.0737. The van der Waals surface area contributed by atoms with Crippen LogP contribution in [-0.4, -0.2) is 34.1 Å². The van der Waals surface area contributed by atoms with Crippen LogP contribution in [0.4, 0.5) is 0 Å². The van der Waals surface area contributed by atoms with Crippen molar-refractivity contribution < 1.29 is 4.79 Å². The number of hydrogen-bond donors (Lipinski definition) is 1. The highest BCUT2D eigenvalue weighted by Gasteiger charge is 2.24. The Bertz CT molecular complexity index is 619. The Morgan fingerprint density at radius 3 is 3.05 bits per heavy atom. The Hall–Kier alpha value is -1.84. The Morgan fingerprint density at radius 1 is 1.33 bits per heavy atom. The summed E-state index contributed by atoms with van der Waals surface area (Å²) < 4.78 is 0. The standard InChI is InChI=1S/C17H23N3O/c1-2-6-13-7-5-11-20(12-10-13)17(21)16-14-8-3-4-9-15(14)18-19-16/h3-4,8-9,13H,2,5-7,10-12H2,1H3,(H,18,19). The number of likely N-dealkylation sites (tertiary alicyclic amines) is 1. The van der Waals surface area contributed by atoms with Crippen LogP contribution in [-0.2, 0) is 0 Å². The second-order valence-electron chi connectivity index (χ2n) is 6.00. The van der Waals surface area contributed by atoms with Crippen molar-refractivity contribution in [2.75, 3.05) is 13.1 Å². The third-order valence-corrected chi connectivity index (χ3v) is 4.50. The zero-order chi connectivity index (χ0) is 14.7. The molecule has 0 bridgehead atoms. The number of para-hydroxylation sites is 1. The highest BCUT2D eigenvalue weighted by molar-refractivity contribution is 6.04. The fourth-order valence-electron chi connectivity index (χ4n) is 3.34. The van der Waals surface area contributed by atoms with Crippen molar-refractivity contribution in [1.82, 2.24) is 15.1 Å². The minimum atomic E-state index is 0.0737. The van der Waals surface area contributed by atoms with Gasteiger partial charge >= 0.3 is 0 Å². The van der Waals surface area contributed by atoms with Crippen LogP contribution in [0.3, 0.4) is 0 Å². The van der Waals surface area contributed by atoms with Crippen molar-refractivity contribution >= 4 is 16.8 Å². The Labute approximate surface area is 125 Å². The molecule has 0 radical (unpaired) electrons. The number of aromatic nitrogens is 2. The van der Waals surface area contributed by atoms with Crippen molar-refractivity contribution in [1.29, 1.82) is 0 Å². The summed E-state index contributed by atoms with van der Waals surface area (Å²) >= 11 is 0. The number of benzene rings is 1. The van der Waals surface area contributed by atoms with Gasteiger partial charge in [0.25, 0.3) is 5.91 Å². The van der Waals surface area contributed by atoms with Crippen LogP contribution >= 0.6 is 0 Å². The summed E-state index contributed by atoms with van der Waals surface area (Å²) in [5.41, 5.74) is 1.50. The molecule has 21 heavy (non-hydrogen) atoms. The number of carbonyl (C=O) groups is 1. The summed E-state index contributed by atoms with van der Waals surface area (Å²) in [4.78, 5) is 14.7. The van der Waals surface area contributed by atoms with Gasteiger partial charge in [-0.2, -0.15) is 5.10 Å². The first kappa shape index (κ1) is 14.1. The molecule has 2 heterocycles. The van der Waals surface area contributed by atoms with Gasteiger partial charge in [-0.05, 0) is 31.2 Å². The second-order valence-corrected chi connectivity index (χ2v) is 6.00. The highest BCUT2D eigenvalue weighted by Crippen LogP contribution is 2.24. The fraction of sp³-hybridized carbons (Fsp3) is 0.529. The lowest BCUT2D eigenvalue weighted by atomic mass is 9.96. The topological polar surface area (TPSA) is 49.0 Å². The molecule has 0 saturated carbocycles. The number of nitrogens with zero attached hydrogens (tertiary/aromatic N) is 2. The van der Waals surface area contributed by atoms with Crippen LogP contribution in [0.15, 0.2) is 24.3 Å². The first-order valence-electron chi connectivity index (χ1n) is 8.02. The number of fused-ring (bicyclic) bond motifs is 1. The van der Waals surface area contributed by atoms with Crippen LogP contribution < -0.4 is 0 Å². The summed E-state index contributed by atoms with van der Waals surface area (Å²) in [7, 11) is 0. The molecule has 1 N–H and O–H groups in total. The van der Waals surface area contributed by atoms with Crippen molar-refractivity contribution in [3.05, 3.63) is 30.0 Å². The first-order chi connectivity index (χ1) is 10.3. The molecule has 1 saturated heterocycles. The number of amides is 1. The average molecular weight is 285 g/mol. The summed E-state index contributed by atoms with van der Waals surface area (Å²) in [6.07, 6.45) is 6.01. The van der Waals surface area contributed by atoms with Crippen molar-refractivity contribution in [2.24, 2.45) is 5.92 Å². The lowest BCUT2D eigenvalue weighted by Crippen LogP contribution is -2.32. The monoisotopic (exact) mass is 285 g/mol. The van der Waals surface area contributed by atoms with Crippen molar-refractivity contribution in [3.63, 3.8) is 0 Å². The van der Waals surface area contributed by atoms with Gasteiger partial charge in [0.15, 0.2) is 5.69 Å².